The highest BCUT2D eigenvalue weighted by atomic mass is 15.2. The van der Waals surface area contributed by atoms with E-state index in [1.54, 1.807) is 0 Å². The van der Waals surface area contributed by atoms with Gasteiger partial charge in [-0.25, -0.2) is 0 Å². The van der Waals surface area contributed by atoms with Crippen molar-refractivity contribution in [3.63, 3.8) is 0 Å². The molecule has 0 amide bonds. The van der Waals surface area contributed by atoms with Gasteiger partial charge in [-0.05, 0) is 135 Å². The standard InChI is InChI=1S/C58H44N2/c1-41-20-19-23-43(38-41)58(42-21-7-2-8-22-42)55-40-49(60(46-28-13-5-14-29-46)47-30-15-6-16-31-47)35-37-53(55)56-51-33-18-17-32-50(51)54-39-48(34-36-52(54)57(56)58)59(44-24-9-3-10-25-44)45-26-11-4-12-27-45/h2-11,13-26,28-30,32-37,39-41,47H,31,38H2,1H3. The van der Waals surface area contributed by atoms with Gasteiger partial charge in [0.15, 0.2) is 0 Å². The number of rotatable bonds is 8. The quantitative estimate of drug-likeness (QED) is 0.142. The average molecular weight is 769 g/mol. The molecule has 0 aromatic heterocycles. The number of anilines is 5. The van der Waals surface area contributed by atoms with Crippen molar-refractivity contribution in [1.29, 1.82) is 0 Å². The Morgan fingerprint density at radius 2 is 1.32 bits per heavy atom. The topological polar surface area (TPSA) is 6.48 Å². The molecule has 0 spiro atoms. The van der Waals surface area contributed by atoms with Crippen molar-refractivity contribution in [2.45, 2.75) is 31.2 Å². The Labute approximate surface area is 353 Å². The van der Waals surface area contributed by atoms with Crippen molar-refractivity contribution < 1.29 is 0 Å². The maximum atomic E-state index is 3.41. The predicted octanol–water partition coefficient (Wildman–Crippen LogP) is 14.9. The van der Waals surface area contributed by atoms with Gasteiger partial charge in [-0.15, -0.1) is 0 Å². The summed E-state index contributed by atoms with van der Waals surface area (Å²) in [5.74, 6) is 0.401. The Balaban J connectivity index is 1.24. The van der Waals surface area contributed by atoms with Crippen molar-refractivity contribution >= 4 is 50.0 Å². The van der Waals surface area contributed by atoms with E-state index in [9.17, 15) is 0 Å². The van der Waals surface area contributed by atoms with E-state index in [0.717, 1.165) is 29.9 Å². The minimum Gasteiger partial charge on any atom is -0.334 e. The van der Waals surface area contributed by atoms with E-state index in [0.29, 0.717) is 5.92 Å². The Bertz CT molecular complexity index is 2960. The first-order valence-corrected chi connectivity index (χ1v) is 21.2. The lowest BCUT2D eigenvalue weighted by molar-refractivity contribution is 0.617. The largest absolute Gasteiger partial charge is 0.334 e. The number of allylic oxidation sites excluding steroid dienone is 6. The summed E-state index contributed by atoms with van der Waals surface area (Å²) in [6.07, 6.45) is 18.0. The van der Waals surface area contributed by atoms with Gasteiger partial charge in [0.1, 0.15) is 0 Å². The molecule has 60 heavy (non-hydrogen) atoms. The minimum absolute atomic E-state index is 0.189. The molecular formula is C58H44N2. The normalized spacial score (nSPS) is 18.8. The van der Waals surface area contributed by atoms with E-state index in [1.807, 2.05) is 12.1 Å². The Morgan fingerprint density at radius 1 is 0.583 bits per heavy atom. The maximum absolute atomic E-state index is 3.41. The molecule has 3 aliphatic carbocycles. The lowest BCUT2D eigenvalue weighted by Gasteiger charge is -2.39. The zero-order valence-corrected chi connectivity index (χ0v) is 33.7. The molecule has 0 bridgehead atoms. The van der Waals surface area contributed by atoms with Crippen LogP contribution in [0.4, 0.5) is 28.4 Å². The minimum atomic E-state index is -0.559. The molecule has 3 atom stereocenters. The van der Waals surface area contributed by atoms with Crippen molar-refractivity contribution in [2.75, 3.05) is 9.80 Å². The van der Waals surface area contributed by atoms with Gasteiger partial charge in [0.25, 0.3) is 0 Å². The molecule has 3 unspecified atom stereocenters. The summed E-state index contributed by atoms with van der Waals surface area (Å²) in [4.78, 5) is 4.84. The third kappa shape index (κ3) is 5.73. The molecule has 0 radical (unpaired) electrons. The molecule has 8 aromatic carbocycles. The van der Waals surface area contributed by atoms with Crippen LogP contribution in [0.15, 0.2) is 218 Å². The first-order chi connectivity index (χ1) is 29.7. The molecule has 0 fully saturated rings. The zero-order valence-electron chi connectivity index (χ0n) is 33.7. The summed E-state index contributed by atoms with van der Waals surface area (Å²) in [6.45, 7) is 2.36. The van der Waals surface area contributed by atoms with Crippen LogP contribution in [0.3, 0.4) is 0 Å². The van der Waals surface area contributed by atoms with E-state index in [1.165, 1.54) is 66.3 Å². The van der Waals surface area contributed by atoms with Gasteiger partial charge in [0.05, 0.1) is 17.1 Å². The lowest BCUT2D eigenvalue weighted by Crippen LogP contribution is -2.33. The first kappa shape index (κ1) is 35.8. The van der Waals surface area contributed by atoms with Gasteiger partial charge in [-0.2, -0.15) is 0 Å². The summed E-state index contributed by atoms with van der Waals surface area (Å²) < 4.78 is 0. The third-order valence-corrected chi connectivity index (χ3v) is 12.8. The van der Waals surface area contributed by atoms with Crippen molar-refractivity contribution in [3.8, 4) is 11.1 Å². The highest BCUT2D eigenvalue weighted by Crippen LogP contribution is 2.62. The summed E-state index contributed by atoms with van der Waals surface area (Å²) in [7, 11) is 0. The number of nitrogens with zero attached hydrogens (tertiary/aromatic N) is 2. The number of fused-ring (bicyclic) bond motifs is 8. The van der Waals surface area contributed by atoms with Crippen LogP contribution in [0.25, 0.3) is 32.7 Å². The Morgan fingerprint density at radius 3 is 2.05 bits per heavy atom. The van der Waals surface area contributed by atoms with Gasteiger partial charge in [-0.1, -0.05) is 170 Å². The fraction of sp³-hybridized carbons (Fsp3) is 0.103. The summed E-state index contributed by atoms with van der Waals surface area (Å²) in [6, 6.07) is 69.3. The summed E-state index contributed by atoms with van der Waals surface area (Å²) in [5, 5.41) is 5.03. The fourth-order valence-corrected chi connectivity index (χ4v) is 10.3. The average Bonchev–Trinajstić information content (AvgIpc) is 3.63. The lowest BCUT2D eigenvalue weighted by atomic mass is 9.63. The van der Waals surface area contributed by atoms with Crippen LogP contribution in [0.2, 0.25) is 0 Å². The molecule has 0 saturated heterocycles. The Kier molecular flexibility index (Phi) is 8.83. The SMILES string of the molecule is CC1C=CC=C(C2(c3ccccc3)c3cc(N(c4ccccc4)C4C=CC=CC4)ccc3-c3c2c2ccc(N(c4c#cccc4)c4ccccc4)cc2c2ccccc32)C1. The monoisotopic (exact) mass is 768 g/mol. The summed E-state index contributed by atoms with van der Waals surface area (Å²) >= 11 is 0. The molecule has 0 N–H and O–H groups in total. The second-order valence-corrected chi connectivity index (χ2v) is 16.3. The zero-order chi connectivity index (χ0) is 40.0. The molecule has 11 rings (SSSR count). The van der Waals surface area contributed by atoms with E-state index < -0.39 is 5.41 Å². The highest BCUT2D eigenvalue weighted by Gasteiger charge is 2.50. The second kappa shape index (κ2) is 14.8. The molecule has 286 valence electrons. The number of benzene rings is 7. The first-order valence-electron chi connectivity index (χ1n) is 21.2. The summed E-state index contributed by atoms with van der Waals surface area (Å²) in [5.41, 5.74) is 13.0. The molecule has 0 aliphatic heterocycles. The van der Waals surface area contributed by atoms with Crippen LogP contribution in [-0.2, 0) is 5.41 Å². The van der Waals surface area contributed by atoms with Crippen LogP contribution < -0.4 is 9.80 Å². The van der Waals surface area contributed by atoms with E-state index in [-0.39, 0.29) is 6.04 Å². The molecular weight excluding hydrogens is 725 g/mol. The second-order valence-electron chi connectivity index (χ2n) is 16.3. The number of hydrogen-bond donors (Lipinski definition) is 0. The van der Waals surface area contributed by atoms with Gasteiger partial charge < -0.3 is 9.80 Å². The molecule has 2 nitrogen and oxygen atoms in total. The van der Waals surface area contributed by atoms with Crippen molar-refractivity contribution in [1.82, 2.24) is 0 Å². The molecule has 3 aliphatic rings. The van der Waals surface area contributed by atoms with Gasteiger partial charge in [-0.3, -0.25) is 0 Å². The smallest absolute Gasteiger partial charge is 0.0973 e. The van der Waals surface area contributed by atoms with E-state index in [2.05, 4.69) is 229 Å². The Hall–Kier alpha value is -7.34. The molecule has 0 saturated carbocycles. The molecule has 0 heterocycles. The van der Waals surface area contributed by atoms with Crippen molar-refractivity contribution in [2.24, 2.45) is 5.92 Å². The van der Waals surface area contributed by atoms with Crippen LogP contribution in [0, 0.1) is 18.1 Å². The van der Waals surface area contributed by atoms with E-state index in [4.69, 9.17) is 0 Å². The number of para-hydroxylation sites is 2. The van der Waals surface area contributed by atoms with Gasteiger partial charge in [0.2, 0.25) is 0 Å². The van der Waals surface area contributed by atoms with Crippen LogP contribution >= 0.6 is 0 Å². The van der Waals surface area contributed by atoms with Crippen LogP contribution in [0.5, 0.6) is 0 Å². The van der Waals surface area contributed by atoms with Gasteiger partial charge in [0, 0.05) is 22.7 Å². The van der Waals surface area contributed by atoms with Crippen LogP contribution in [-0.4, -0.2) is 6.04 Å². The molecule has 8 aromatic rings. The van der Waals surface area contributed by atoms with E-state index >= 15 is 0 Å². The van der Waals surface area contributed by atoms with Gasteiger partial charge >= 0.3 is 0 Å². The highest BCUT2D eigenvalue weighted by molar-refractivity contribution is 6.20. The maximum Gasteiger partial charge on any atom is 0.0973 e. The molecule has 2 heteroatoms. The number of hydrogen-bond acceptors (Lipinski definition) is 2. The predicted molar refractivity (Wildman–Crippen MR) is 252 cm³/mol. The van der Waals surface area contributed by atoms with Crippen LogP contribution in [0.1, 0.15) is 36.5 Å². The third-order valence-electron chi connectivity index (χ3n) is 12.8. The van der Waals surface area contributed by atoms with Crippen molar-refractivity contribution in [3.05, 3.63) is 247 Å². The fourth-order valence-electron chi connectivity index (χ4n) is 10.3.